The number of carbonyl (C=O) groups excluding carboxylic acids is 1. The smallest absolute Gasteiger partial charge is 0.341 e. The van der Waals surface area contributed by atoms with Crippen LogP contribution in [0.2, 0.25) is 5.02 Å². The minimum absolute atomic E-state index is 0.322. The molecule has 0 bridgehead atoms. The molecule has 1 heterocycles. The summed E-state index contributed by atoms with van der Waals surface area (Å²) in [7, 11) is 1.33. The van der Waals surface area contributed by atoms with Crippen LogP contribution in [-0.2, 0) is 24.1 Å². The quantitative estimate of drug-likeness (QED) is 0.872. The van der Waals surface area contributed by atoms with E-state index < -0.39 is 5.97 Å². The van der Waals surface area contributed by atoms with E-state index in [2.05, 4.69) is 10.3 Å². The van der Waals surface area contributed by atoms with Crippen molar-refractivity contribution in [2.75, 3.05) is 12.4 Å². The summed E-state index contributed by atoms with van der Waals surface area (Å²) in [5.41, 5.74) is 1.99. The maximum atomic E-state index is 11.8. The summed E-state index contributed by atoms with van der Waals surface area (Å²) in [6.07, 6.45) is 4.24. The second-order valence-corrected chi connectivity index (χ2v) is 5.60. The summed E-state index contributed by atoms with van der Waals surface area (Å²) in [5.74, 6) is 1.14. The Morgan fingerprint density at radius 2 is 2.23 bits per heavy atom. The van der Waals surface area contributed by atoms with Gasteiger partial charge in [0.1, 0.15) is 11.3 Å². The average Bonchev–Trinajstić information content (AvgIpc) is 2.95. The van der Waals surface area contributed by atoms with Crippen molar-refractivity contribution in [3.8, 4) is 0 Å². The molecule has 1 aromatic heterocycles. The molecule has 3 rings (SSSR count). The zero-order valence-electron chi connectivity index (χ0n) is 12.3. The van der Waals surface area contributed by atoms with Crippen LogP contribution in [0.25, 0.3) is 0 Å². The van der Waals surface area contributed by atoms with Gasteiger partial charge in [-0.1, -0.05) is 17.7 Å². The Hall–Kier alpha value is -2.01. The van der Waals surface area contributed by atoms with Gasteiger partial charge >= 0.3 is 5.97 Å². The molecular weight excluding hydrogens is 304 g/mol. The van der Waals surface area contributed by atoms with Gasteiger partial charge in [0.15, 0.2) is 0 Å². The predicted molar refractivity (Wildman–Crippen MR) is 83.3 cm³/mol. The second-order valence-electron chi connectivity index (χ2n) is 5.19. The van der Waals surface area contributed by atoms with E-state index in [9.17, 15) is 4.79 Å². The van der Waals surface area contributed by atoms with Gasteiger partial charge in [-0.3, -0.25) is 0 Å². The molecule has 1 aliphatic rings. The Kier molecular flexibility index (Phi) is 4.34. The first-order chi connectivity index (χ1) is 10.7. The van der Waals surface area contributed by atoms with E-state index in [-0.39, 0.29) is 0 Å². The average molecular weight is 321 g/mol. The van der Waals surface area contributed by atoms with Gasteiger partial charge < -0.3 is 14.5 Å². The molecule has 0 fully saturated rings. The van der Waals surface area contributed by atoms with Gasteiger partial charge in [-0.25, -0.2) is 9.78 Å². The topological polar surface area (TPSA) is 64.4 Å². The van der Waals surface area contributed by atoms with Crippen molar-refractivity contribution < 1.29 is 13.9 Å². The number of aryl methyl sites for hydroxylation is 2. The first-order valence-electron chi connectivity index (χ1n) is 7.27. The lowest BCUT2D eigenvalue weighted by molar-refractivity contribution is 0.0602. The maximum Gasteiger partial charge on any atom is 0.341 e. The van der Waals surface area contributed by atoms with Crippen LogP contribution in [0, 0.1) is 0 Å². The minimum Gasteiger partial charge on any atom is -0.465 e. The zero-order chi connectivity index (χ0) is 15.5. The fraction of sp³-hybridized carbons (Fsp3) is 0.375. The third-order valence-corrected chi connectivity index (χ3v) is 4.04. The predicted octanol–water partition coefficient (Wildman–Crippen LogP) is 3.61. The van der Waals surface area contributed by atoms with E-state index in [4.69, 9.17) is 20.8 Å². The Labute approximate surface area is 133 Å². The Morgan fingerprint density at radius 1 is 1.41 bits per heavy atom. The van der Waals surface area contributed by atoms with E-state index in [0.29, 0.717) is 28.7 Å². The third-order valence-electron chi connectivity index (χ3n) is 3.72. The van der Waals surface area contributed by atoms with Crippen molar-refractivity contribution in [2.24, 2.45) is 0 Å². The van der Waals surface area contributed by atoms with Crippen LogP contribution >= 0.6 is 11.6 Å². The summed E-state index contributed by atoms with van der Waals surface area (Å²) < 4.78 is 10.5. The third kappa shape index (κ3) is 2.95. The van der Waals surface area contributed by atoms with Crippen LogP contribution in [0.3, 0.4) is 0 Å². The number of nitrogens with one attached hydrogen (secondary N) is 1. The first-order valence-corrected chi connectivity index (χ1v) is 7.65. The van der Waals surface area contributed by atoms with E-state index in [1.807, 2.05) is 0 Å². The van der Waals surface area contributed by atoms with Gasteiger partial charge in [0, 0.05) is 6.42 Å². The van der Waals surface area contributed by atoms with Crippen LogP contribution in [0.4, 0.5) is 5.69 Å². The first kappa shape index (κ1) is 14.9. The van der Waals surface area contributed by atoms with E-state index in [1.165, 1.54) is 7.11 Å². The van der Waals surface area contributed by atoms with Gasteiger partial charge in [-0.2, -0.15) is 0 Å². The lowest BCUT2D eigenvalue weighted by Crippen LogP contribution is -2.09. The Morgan fingerprint density at radius 3 is 3.00 bits per heavy atom. The van der Waals surface area contributed by atoms with Crippen LogP contribution in [0.5, 0.6) is 0 Å². The number of aromatic nitrogens is 1. The molecule has 1 N–H and O–H groups in total. The monoisotopic (exact) mass is 320 g/mol. The number of anilines is 1. The van der Waals surface area contributed by atoms with Crippen molar-refractivity contribution in [1.82, 2.24) is 4.98 Å². The summed E-state index contributed by atoms with van der Waals surface area (Å²) in [5, 5.41) is 3.50. The van der Waals surface area contributed by atoms with E-state index in [1.54, 1.807) is 18.2 Å². The number of halogens is 1. The molecule has 0 spiro atoms. The van der Waals surface area contributed by atoms with Crippen LogP contribution in [-0.4, -0.2) is 18.1 Å². The molecule has 0 aliphatic heterocycles. The standard InChI is InChI=1S/C16H17ClN2O3/c1-21-16(20)15-10(17)5-4-7-12(15)18-9-14-19-11-6-2-3-8-13(11)22-14/h4-5,7,18H,2-3,6,8-9H2,1H3. The molecule has 1 aliphatic carbocycles. The van der Waals surface area contributed by atoms with Crippen molar-refractivity contribution in [3.63, 3.8) is 0 Å². The fourth-order valence-corrected chi connectivity index (χ4v) is 2.88. The number of fused-ring (bicyclic) bond motifs is 1. The molecule has 1 aromatic carbocycles. The van der Waals surface area contributed by atoms with Gasteiger partial charge in [0.25, 0.3) is 0 Å². The zero-order valence-corrected chi connectivity index (χ0v) is 13.1. The Balaban J connectivity index is 1.78. The maximum absolute atomic E-state index is 11.8. The Bertz CT molecular complexity index is 673. The number of carbonyl (C=O) groups is 1. The van der Waals surface area contributed by atoms with Crippen molar-refractivity contribution in [1.29, 1.82) is 0 Å². The fourth-order valence-electron chi connectivity index (χ4n) is 2.63. The number of esters is 1. The number of oxazole rings is 1. The molecule has 0 unspecified atom stereocenters. The van der Waals surface area contributed by atoms with Crippen LogP contribution < -0.4 is 5.32 Å². The number of nitrogens with zero attached hydrogens (tertiary/aromatic N) is 1. The number of hydrogen-bond acceptors (Lipinski definition) is 5. The largest absolute Gasteiger partial charge is 0.465 e. The molecule has 2 aromatic rings. The van der Waals surface area contributed by atoms with E-state index in [0.717, 1.165) is 37.1 Å². The SMILES string of the molecule is COC(=O)c1c(Cl)cccc1NCc1nc2c(o1)CCCC2. The molecule has 0 radical (unpaired) electrons. The molecule has 0 saturated heterocycles. The number of benzene rings is 1. The van der Waals surface area contributed by atoms with Gasteiger partial charge in [0.2, 0.25) is 5.89 Å². The molecule has 5 nitrogen and oxygen atoms in total. The lowest BCUT2D eigenvalue weighted by Gasteiger charge is -2.10. The molecule has 22 heavy (non-hydrogen) atoms. The van der Waals surface area contributed by atoms with Crippen LogP contribution in [0.15, 0.2) is 22.6 Å². The van der Waals surface area contributed by atoms with Crippen LogP contribution in [0.1, 0.15) is 40.5 Å². The minimum atomic E-state index is -0.472. The highest BCUT2D eigenvalue weighted by Gasteiger charge is 2.19. The van der Waals surface area contributed by atoms with Gasteiger partial charge in [0.05, 0.1) is 30.1 Å². The molecule has 0 saturated carbocycles. The number of ether oxygens (including phenoxy) is 1. The summed E-state index contributed by atoms with van der Waals surface area (Å²) in [6.45, 7) is 0.400. The molecule has 6 heteroatoms. The molecule has 0 atom stereocenters. The molecule has 0 amide bonds. The highest BCUT2D eigenvalue weighted by Crippen LogP contribution is 2.26. The van der Waals surface area contributed by atoms with Gasteiger partial charge in [-0.15, -0.1) is 0 Å². The second kappa shape index (κ2) is 6.40. The highest BCUT2D eigenvalue weighted by atomic mass is 35.5. The van der Waals surface area contributed by atoms with Crippen molar-refractivity contribution in [2.45, 2.75) is 32.2 Å². The summed E-state index contributed by atoms with van der Waals surface area (Å²) in [4.78, 5) is 16.3. The summed E-state index contributed by atoms with van der Waals surface area (Å²) in [6, 6.07) is 5.21. The van der Waals surface area contributed by atoms with Crippen molar-refractivity contribution >= 4 is 23.3 Å². The van der Waals surface area contributed by atoms with Gasteiger partial charge in [-0.05, 0) is 31.4 Å². The normalized spacial score (nSPS) is 13.5. The van der Waals surface area contributed by atoms with Crippen molar-refractivity contribution in [3.05, 3.63) is 46.1 Å². The summed E-state index contributed by atoms with van der Waals surface area (Å²) >= 11 is 6.09. The molecular formula is C16H17ClN2O3. The molecule has 116 valence electrons. The number of methoxy groups -OCH3 is 1. The lowest BCUT2D eigenvalue weighted by atomic mass is 10.0. The highest BCUT2D eigenvalue weighted by molar-refractivity contribution is 6.34. The van der Waals surface area contributed by atoms with E-state index >= 15 is 0 Å². The number of hydrogen-bond donors (Lipinski definition) is 1. The number of rotatable bonds is 4.